The molecule has 0 unspecified atom stereocenters. The molecule has 0 spiro atoms. The fourth-order valence-corrected chi connectivity index (χ4v) is 2.09. The third-order valence-corrected chi connectivity index (χ3v) is 3.57. The summed E-state index contributed by atoms with van der Waals surface area (Å²) in [6.07, 6.45) is 0. The molecule has 0 saturated carbocycles. The predicted octanol–water partition coefficient (Wildman–Crippen LogP) is 2.74. The van der Waals surface area contributed by atoms with E-state index >= 15 is 0 Å². The van der Waals surface area contributed by atoms with Gasteiger partial charge in [-0.1, -0.05) is 38.1 Å². The standard InChI is InChI=1S/C16H22N4O.ClH/c1-10(2)15(17)16(21)18-14-9-13(19-20(14)4)12-8-6-5-7-11(12)3;/h5-10,15H,17H2,1-4H3,(H,18,21);1H/t15-;/m0./s1. The number of hydrogen-bond acceptors (Lipinski definition) is 3. The Morgan fingerprint density at radius 2 is 1.95 bits per heavy atom. The number of hydrogen-bond donors (Lipinski definition) is 2. The molecular formula is C16H23ClN4O. The molecule has 1 heterocycles. The Balaban J connectivity index is 0.00000242. The summed E-state index contributed by atoms with van der Waals surface area (Å²) in [4.78, 5) is 12.0. The van der Waals surface area contributed by atoms with E-state index in [0.717, 1.165) is 16.8 Å². The molecule has 2 aromatic rings. The molecule has 22 heavy (non-hydrogen) atoms. The van der Waals surface area contributed by atoms with Gasteiger partial charge in [0.2, 0.25) is 5.91 Å². The predicted molar refractivity (Wildman–Crippen MR) is 92.1 cm³/mol. The summed E-state index contributed by atoms with van der Waals surface area (Å²) in [5.74, 6) is 0.549. The summed E-state index contributed by atoms with van der Waals surface area (Å²) < 4.78 is 1.66. The van der Waals surface area contributed by atoms with E-state index in [1.165, 1.54) is 0 Å². The topological polar surface area (TPSA) is 72.9 Å². The Kier molecular flexibility index (Phi) is 6.14. The van der Waals surface area contributed by atoms with Gasteiger partial charge >= 0.3 is 0 Å². The van der Waals surface area contributed by atoms with Gasteiger partial charge in [0, 0.05) is 18.7 Å². The SMILES string of the molecule is Cc1ccccc1-c1cc(NC(=O)[C@@H](N)C(C)C)n(C)n1.Cl. The number of nitrogens with one attached hydrogen (secondary N) is 1. The van der Waals surface area contributed by atoms with Crippen molar-refractivity contribution in [3.63, 3.8) is 0 Å². The van der Waals surface area contributed by atoms with Gasteiger partial charge in [-0.2, -0.15) is 5.10 Å². The van der Waals surface area contributed by atoms with E-state index in [4.69, 9.17) is 5.73 Å². The van der Waals surface area contributed by atoms with Crippen molar-refractivity contribution in [2.75, 3.05) is 5.32 Å². The number of anilines is 1. The van der Waals surface area contributed by atoms with Crippen molar-refractivity contribution in [1.82, 2.24) is 9.78 Å². The number of aromatic nitrogens is 2. The molecule has 1 amide bonds. The van der Waals surface area contributed by atoms with Crippen LogP contribution in [0.2, 0.25) is 0 Å². The lowest BCUT2D eigenvalue weighted by molar-refractivity contribution is -0.118. The van der Waals surface area contributed by atoms with Crippen LogP contribution in [0.15, 0.2) is 30.3 Å². The van der Waals surface area contributed by atoms with Gasteiger partial charge in [0.15, 0.2) is 0 Å². The van der Waals surface area contributed by atoms with Gasteiger partial charge in [0.05, 0.1) is 11.7 Å². The molecule has 1 aromatic heterocycles. The highest BCUT2D eigenvalue weighted by molar-refractivity contribution is 5.94. The van der Waals surface area contributed by atoms with Crippen molar-refractivity contribution >= 4 is 24.1 Å². The molecule has 1 aromatic carbocycles. The fraction of sp³-hybridized carbons (Fsp3) is 0.375. The Hall–Kier alpha value is -1.85. The Morgan fingerprint density at radius 1 is 1.32 bits per heavy atom. The summed E-state index contributed by atoms with van der Waals surface area (Å²) in [6, 6.07) is 9.37. The summed E-state index contributed by atoms with van der Waals surface area (Å²) in [5.41, 5.74) is 8.90. The average molecular weight is 323 g/mol. The van der Waals surface area contributed by atoms with Crippen LogP contribution < -0.4 is 11.1 Å². The molecule has 0 aliphatic rings. The number of carbonyl (C=O) groups is 1. The average Bonchev–Trinajstić information content (AvgIpc) is 2.79. The zero-order valence-corrected chi connectivity index (χ0v) is 14.1. The van der Waals surface area contributed by atoms with Gasteiger partial charge in [-0.05, 0) is 18.4 Å². The van der Waals surface area contributed by atoms with E-state index in [9.17, 15) is 4.79 Å². The molecule has 1 atom stereocenters. The number of aryl methyl sites for hydroxylation is 2. The summed E-state index contributed by atoms with van der Waals surface area (Å²) in [6.45, 7) is 5.88. The van der Waals surface area contributed by atoms with Gasteiger partial charge < -0.3 is 11.1 Å². The minimum Gasteiger partial charge on any atom is -0.320 e. The first-order valence-corrected chi connectivity index (χ1v) is 7.06. The van der Waals surface area contributed by atoms with Gasteiger partial charge in [-0.3, -0.25) is 9.48 Å². The first-order valence-electron chi connectivity index (χ1n) is 7.06. The van der Waals surface area contributed by atoms with Crippen LogP contribution >= 0.6 is 12.4 Å². The summed E-state index contributed by atoms with van der Waals surface area (Å²) >= 11 is 0. The second kappa shape index (κ2) is 7.42. The molecule has 0 radical (unpaired) electrons. The molecule has 3 N–H and O–H groups in total. The van der Waals surface area contributed by atoms with Crippen LogP contribution in [-0.4, -0.2) is 21.7 Å². The molecule has 0 aliphatic carbocycles. The van der Waals surface area contributed by atoms with Crippen molar-refractivity contribution in [2.24, 2.45) is 18.7 Å². The lowest BCUT2D eigenvalue weighted by Crippen LogP contribution is -2.40. The first kappa shape index (κ1) is 18.2. The normalized spacial score (nSPS) is 11.9. The number of nitrogens with zero attached hydrogens (tertiary/aromatic N) is 2. The quantitative estimate of drug-likeness (QED) is 0.909. The van der Waals surface area contributed by atoms with Crippen molar-refractivity contribution in [2.45, 2.75) is 26.8 Å². The van der Waals surface area contributed by atoms with Crippen molar-refractivity contribution < 1.29 is 4.79 Å². The fourth-order valence-electron chi connectivity index (χ4n) is 2.09. The van der Waals surface area contributed by atoms with E-state index < -0.39 is 6.04 Å². The van der Waals surface area contributed by atoms with Crippen molar-refractivity contribution in [3.8, 4) is 11.3 Å². The Bertz CT molecular complexity index is 651. The smallest absolute Gasteiger partial charge is 0.242 e. The molecule has 2 rings (SSSR count). The van der Waals surface area contributed by atoms with Crippen molar-refractivity contribution in [3.05, 3.63) is 35.9 Å². The third-order valence-electron chi connectivity index (χ3n) is 3.57. The van der Waals surface area contributed by atoms with Crippen LogP contribution in [0.4, 0.5) is 5.82 Å². The molecule has 120 valence electrons. The maximum absolute atomic E-state index is 12.0. The summed E-state index contributed by atoms with van der Waals surface area (Å²) in [5, 5.41) is 7.30. The van der Waals surface area contributed by atoms with Gasteiger partial charge in [-0.15, -0.1) is 12.4 Å². The monoisotopic (exact) mass is 322 g/mol. The zero-order chi connectivity index (χ0) is 15.6. The molecule has 0 saturated heterocycles. The van der Waals surface area contributed by atoms with Crippen LogP contribution in [0.3, 0.4) is 0 Å². The maximum atomic E-state index is 12.0. The maximum Gasteiger partial charge on any atom is 0.242 e. The number of rotatable bonds is 4. The van der Waals surface area contributed by atoms with Crippen molar-refractivity contribution in [1.29, 1.82) is 0 Å². The third kappa shape index (κ3) is 3.87. The molecular weight excluding hydrogens is 300 g/mol. The van der Waals surface area contributed by atoms with Crippen LogP contribution in [0.1, 0.15) is 19.4 Å². The Labute approximate surface area is 137 Å². The largest absolute Gasteiger partial charge is 0.320 e. The van der Waals surface area contributed by atoms with E-state index in [0.29, 0.717) is 5.82 Å². The zero-order valence-electron chi connectivity index (χ0n) is 13.3. The molecule has 0 bridgehead atoms. The van der Waals surface area contributed by atoms with Crippen LogP contribution in [0, 0.1) is 12.8 Å². The minimum absolute atomic E-state index is 0. The first-order chi connectivity index (χ1) is 9.90. The minimum atomic E-state index is -0.526. The number of benzene rings is 1. The van der Waals surface area contributed by atoms with E-state index in [1.807, 2.05) is 51.1 Å². The lowest BCUT2D eigenvalue weighted by Gasteiger charge is -2.14. The number of halogens is 1. The summed E-state index contributed by atoms with van der Waals surface area (Å²) in [7, 11) is 1.80. The van der Waals surface area contributed by atoms with Crippen LogP contribution in [0.25, 0.3) is 11.3 Å². The molecule has 5 nitrogen and oxygen atoms in total. The number of carbonyl (C=O) groups excluding carboxylic acids is 1. The second-order valence-electron chi connectivity index (χ2n) is 5.61. The van der Waals surface area contributed by atoms with Gasteiger partial charge in [0.25, 0.3) is 0 Å². The van der Waals surface area contributed by atoms with E-state index in [1.54, 1.807) is 11.7 Å². The second-order valence-corrected chi connectivity index (χ2v) is 5.61. The van der Waals surface area contributed by atoms with Crippen LogP contribution in [0.5, 0.6) is 0 Å². The highest BCUT2D eigenvalue weighted by Gasteiger charge is 2.19. The van der Waals surface area contributed by atoms with E-state index in [2.05, 4.69) is 10.4 Å². The number of amides is 1. The number of nitrogens with two attached hydrogens (primary N) is 1. The molecule has 0 fully saturated rings. The Morgan fingerprint density at radius 3 is 2.55 bits per heavy atom. The van der Waals surface area contributed by atoms with E-state index in [-0.39, 0.29) is 24.2 Å². The lowest BCUT2D eigenvalue weighted by atomic mass is 10.0. The highest BCUT2D eigenvalue weighted by Crippen LogP contribution is 2.24. The highest BCUT2D eigenvalue weighted by atomic mass is 35.5. The molecule has 6 heteroatoms. The van der Waals surface area contributed by atoms with Gasteiger partial charge in [0.1, 0.15) is 5.82 Å². The molecule has 0 aliphatic heterocycles. The van der Waals surface area contributed by atoms with Gasteiger partial charge in [-0.25, -0.2) is 0 Å². The van der Waals surface area contributed by atoms with Crippen LogP contribution in [-0.2, 0) is 11.8 Å².